The largest absolute Gasteiger partial charge is 0.480 e. The molecule has 0 bridgehead atoms. The molecule has 0 aromatic heterocycles. The number of amides is 2. The van der Waals surface area contributed by atoms with E-state index in [0.29, 0.717) is 13.0 Å². The Morgan fingerprint density at radius 3 is 2.48 bits per heavy atom. The smallest absolute Gasteiger partial charge is 0.322 e. The van der Waals surface area contributed by atoms with E-state index in [-0.39, 0.29) is 5.91 Å². The molecule has 1 aromatic carbocycles. The van der Waals surface area contributed by atoms with Crippen molar-refractivity contribution in [1.29, 1.82) is 0 Å². The average Bonchev–Trinajstić information content (AvgIpc) is 2.76. The van der Waals surface area contributed by atoms with Crippen molar-refractivity contribution in [3.8, 4) is 0 Å². The maximum absolute atomic E-state index is 12.3. The Morgan fingerprint density at radius 2 is 1.90 bits per heavy atom. The van der Waals surface area contributed by atoms with Crippen molar-refractivity contribution in [1.82, 2.24) is 5.32 Å². The van der Waals surface area contributed by atoms with Crippen LogP contribution in [0, 0.1) is 19.8 Å². The van der Waals surface area contributed by atoms with Gasteiger partial charge in [0.05, 0.1) is 0 Å². The zero-order valence-corrected chi connectivity index (χ0v) is 12.0. The molecule has 1 heterocycles. The van der Waals surface area contributed by atoms with Crippen LogP contribution >= 0.6 is 0 Å². The first-order valence-corrected chi connectivity index (χ1v) is 6.77. The molecule has 2 amide bonds. The minimum Gasteiger partial charge on any atom is -0.480 e. The fourth-order valence-corrected chi connectivity index (χ4v) is 2.57. The van der Waals surface area contributed by atoms with Gasteiger partial charge in [-0.3, -0.25) is 14.4 Å². The normalized spacial score (nSPS) is 17.9. The first-order valence-electron chi connectivity index (χ1n) is 6.77. The second-order valence-electron chi connectivity index (χ2n) is 5.29. The van der Waals surface area contributed by atoms with Crippen LogP contribution in [0.25, 0.3) is 0 Å². The van der Waals surface area contributed by atoms with E-state index < -0.39 is 24.3 Å². The molecule has 0 aliphatic carbocycles. The molecule has 0 unspecified atom stereocenters. The molecule has 0 spiro atoms. The fraction of sp³-hybridized carbons (Fsp3) is 0.400. The predicted molar refractivity (Wildman–Crippen MR) is 77.0 cm³/mol. The van der Waals surface area contributed by atoms with Gasteiger partial charge < -0.3 is 15.3 Å². The van der Waals surface area contributed by atoms with E-state index in [1.165, 1.54) is 0 Å². The van der Waals surface area contributed by atoms with E-state index >= 15 is 0 Å². The molecule has 0 saturated carbocycles. The number of aliphatic carboxylic acids is 1. The minimum atomic E-state index is -1.13. The molecule has 6 heteroatoms. The summed E-state index contributed by atoms with van der Waals surface area (Å²) in [6, 6.07) is 5.83. The molecule has 1 fully saturated rings. The van der Waals surface area contributed by atoms with Crippen LogP contribution < -0.4 is 10.2 Å². The summed E-state index contributed by atoms with van der Waals surface area (Å²) in [6.45, 7) is 3.90. The first-order chi connectivity index (χ1) is 9.88. The molecule has 1 aliphatic rings. The second kappa shape index (κ2) is 5.95. The van der Waals surface area contributed by atoms with Crippen LogP contribution in [-0.2, 0) is 14.4 Å². The summed E-state index contributed by atoms with van der Waals surface area (Å²) >= 11 is 0. The Bertz CT molecular complexity index is 577. The Hall–Kier alpha value is -2.37. The zero-order valence-electron chi connectivity index (χ0n) is 12.0. The lowest BCUT2D eigenvalue weighted by Crippen LogP contribution is -2.39. The fourth-order valence-electron chi connectivity index (χ4n) is 2.57. The topological polar surface area (TPSA) is 86.7 Å². The number of benzene rings is 1. The van der Waals surface area contributed by atoms with Gasteiger partial charge in [0.1, 0.15) is 12.5 Å². The molecule has 2 rings (SSSR count). The SMILES string of the molecule is Cc1cc(C)cc(N2CC[C@@H](C(=O)NCC(=O)O)C2=O)c1. The van der Waals surface area contributed by atoms with Gasteiger partial charge in [-0.25, -0.2) is 0 Å². The zero-order chi connectivity index (χ0) is 15.6. The van der Waals surface area contributed by atoms with E-state index in [0.717, 1.165) is 16.8 Å². The predicted octanol–water partition coefficient (Wildman–Crippen LogP) is 0.857. The lowest BCUT2D eigenvalue weighted by Gasteiger charge is -2.18. The van der Waals surface area contributed by atoms with E-state index in [1.807, 2.05) is 32.0 Å². The number of nitrogens with zero attached hydrogens (tertiary/aromatic N) is 1. The molecule has 21 heavy (non-hydrogen) atoms. The molecule has 2 N–H and O–H groups in total. The van der Waals surface area contributed by atoms with Gasteiger partial charge in [-0.05, 0) is 43.5 Å². The second-order valence-corrected chi connectivity index (χ2v) is 5.29. The average molecular weight is 290 g/mol. The number of carbonyl (C=O) groups excluding carboxylic acids is 2. The first kappa shape index (κ1) is 15.0. The summed E-state index contributed by atoms with van der Waals surface area (Å²) in [5, 5.41) is 10.8. The minimum absolute atomic E-state index is 0.275. The van der Waals surface area contributed by atoms with Crippen LogP contribution in [0.15, 0.2) is 18.2 Å². The number of nitrogens with one attached hydrogen (secondary N) is 1. The molecule has 1 saturated heterocycles. The van der Waals surface area contributed by atoms with Crippen LogP contribution in [0.4, 0.5) is 5.69 Å². The van der Waals surface area contributed by atoms with Gasteiger partial charge in [-0.2, -0.15) is 0 Å². The number of hydrogen-bond donors (Lipinski definition) is 2. The van der Waals surface area contributed by atoms with Crippen molar-refractivity contribution >= 4 is 23.5 Å². The summed E-state index contributed by atoms with van der Waals surface area (Å²) in [5.74, 6) is -2.72. The molecular formula is C15H18N2O4. The van der Waals surface area contributed by atoms with Crippen LogP contribution in [0.3, 0.4) is 0 Å². The van der Waals surface area contributed by atoms with E-state index in [1.54, 1.807) is 4.90 Å². The molecule has 6 nitrogen and oxygen atoms in total. The maximum Gasteiger partial charge on any atom is 0.322 e. The lowest BCUT2D eigenvalue weighted by atomic mass is 10.1. The number of carboxylic acids is 1. The van der Waals surface area contributed by atoms with E-state index in [9.17, 15) is 14.4 Å². The van der Waals surface area contributed by atoms with E-state index in [4.69, 9.17) is 5.11 Å². The number of aryl methyl sites for hydroxylation is 2. The van der Waals surface area contributed by atoms with Gasteiger partial charge in [-0.1, -0.05) is 6.07 Å². The molecule has 112 valence electrons. The number of carbonyl (C=O) groups is 3. The Morgan fingerprint density at radius 1 is 1.29 bits per heavy atom. The van der Waals surface area contributed by atoms with Crippen molar-refractivity contribution in [2.75, 3.05) is 18.0 Å². The molecule has 1 aromatic rings. The number of anilines is 1. The Kier molecular flexibility index (Phi) is 4.26. The van der Waals surface area contributed by atoms with E-state index in [2.05, 4.69) is 5.32 Å². The number of carboxylic acid groups (broad SMARTS) is 1. The van der Waals surface area contributed by atoms with Crippen LogP contribution in [0.2, 0.25) is 0 Å². The van der Waals surface area contributed by atoms with Crippen LogP contribution in [0.1, 0.15) is 17.5 Å². The molecule has 1 atom stereocenters. The van der Waals surface area contributed by atoms with Crippen molar-refractivity contribution in [2.45, 2.75) is 20.3 Å². The summed E-state index contributed by atoms with van der Waals surface area (Å²) in [5.41, 5.74) is 2.89. The van der Waals surface area contributed by atoms with Crippen molar-refractivity contribution < 1.29 is 19.5 Å². The summed E-state index contributed by atoms with van der Waals surface area (Å²) in [7, 11) is 0. The summed E-state index contributed by atoms with van der Waals surface area (Å²) in [6.07, 6.45) is 0.400. The van der Waals surface area contributed by atoms with Gasteiger partial charge in [-0.15, -0.1) is 0 Å². The highest BCUT2D eigenvalue weighted by molar-refractivity contribution is 6.10. The standard InChI is InChI=1S/C15H18N2O4/c1-9-5-10(2)7-11(6-9)17-4-3-12(15(17)21)14(20)16-8-13(18)19/h5-7,12H,3-4,8H2,1-2H3,(H,16,20)(H,18,19)/t12-/m0/s1. The third-order valence-corrected chi connectivity index (χ3v) is 3.45. The third-order valence-electron chi connectivity index (χ3n) is 3.45. The van der Waals surface area contributed by atoms with Crippen molar-refractivity contribution in [3.05, 3.63) is 29.3 Å². The highest BCUT2D eigenvalue weighted by atomic mass is 16.4. The monoisotopic (exact) mass is 290 g/mol. The van der Waals surface area contributed by atoms with Crippen molar-refractivity contribution in [2.24, 2.45) is 5.92 Å². The van der Waals surface area contributed by atoms with Crippen LogP contribution in [0.5, 0.6) is 0 Å². The molecular weight excluding hydrogens is 272 g/mol. The molecule has 1 aliphatic heterocycles. The lowest BCUT2D eigenvalue weighted by molar-refractivity contribution is -0.140. The van der Waals surface area contributed by atoms with Gasteiger partial charge in [0.15, 0.2) is 0 Å². The summed E-state index contributed by atoms with van der Waals surface area (Å²) < 4.78 is 0. The highest BCUT2D eigenvalue weighted by Crippen LogP contribution is 2.27. The van der Waals surface area contributed by atoms with Gasteiger partial charge >= 0.3 is 5.97 Å². The number of rotatable bonds is 4. The van der Waals surface area contributed by atoms with Crippen molar-refractivity contribution in [3.63, 3.8) is 0 Å². The number of hydrogen-bond acceptors (Lipinski definition) is 3. The van der Waals surface area contributed by atoms with Crippen LogP contribution in [-0.4, -0.2) is 36.0 Å². The third kappa shape index (κ3) is 3.39. The summed E-state index contributed by atoms with van der Waals surface area (Å²) in [4.78, 5) is 36.2. The van der Waals surface area contributed by atoms with Gasteiger partial charge in [0.2, 0.25) is 11.8 Å². The quantitative estimate of drug-likeness (QED) is 0.805. The maximum atomic E-state index is 12.3. The highest BCUT2D eigenvalue weighted by Gasteiger charge is 2.37. The Labute approximate surface area is 122 Å². The van der Waals surface area contributed by atoms with Gasteiger partial charge in [0, 0.05) is 12.2 Å². The molecule has 0 radical (unpaired) electrons. The van der Waals surface area contributed by atoms with Gasteiger partial charge in [0.25, 0.3) is 0 Å². The Balaban J connectivity index is 2.10.